The summed E-state index contributed by atoms with van der Waals surface area (Å²) in [5.41, 5.74) is -0.872. The largest absolute Gasteiger partial charge is 0.433 e. The highest BCUT2D eigenvalue weighted by Crippen LogP contribution is 2.10. The topological polar surface area (TPSA) is 35.5 Å². The van der Waals surface area contributed by atoms with E-state index in [4.69, 9.17) is 4.74 Å². The zero-order valence-electron chi connectivity index (χ0n) is 7.22. The second-order valence-corrected chi connectivity index (χ2v) is 2.52. The Morgan fingerprint density at radius 1 is 1.64 bits per heavy atom. The second kappa shape index (κ2) is 4.13. The number of ether oxygens (including phenoxy) is 2. The number of hydrogen-bond acceptors (Lipinski definition) is 3. The molecule has 0 aromatic heterocycles. The van der Waals surface area contributed by atoms with Gasteiger partial charge in [0.15, 0.2) is 5.60 Å². The molecule has 0 unspecified atom stereocenters. The van der Waals surface area contributed by atoms with E-state index < -0.39 is 11.6 Å². The quantitative estimate of drug-likeness (QED) is 0.459. The van der Waals surface area contributed by atoms with Crippen LogP contribution in [-0.2, 0) is 14.3 Å². The normalized spacial score (nSPS) is 10.8. The Bertz CT molecular complexity index is 149. The summed E-state index contributed by atoms with van der Waals surface area (Å²) in [5, 5.41) is 0. The fraction of sp³-hybridized carbons (Fsp3) is 0.625. The van der Waals surface area contributed by atoms with E-state index in [1.807, 2.05) is 6.92 Å². The predicted octanol–water partition coefficient (Wildman–Crippen LogP) is 1.49. The van der Waals surface area contributed by atoms with Crippen molar-refractivity contribution in [1.29, 1.82) is 0 Å². The summed E-state index contributed by atoms with van der Waals surface area (Å²) >= 11 is 0. The van der Waals surface area contributed by atoms with Gasteiger partial charge in [0.05, 0.1) is 6.26 Å². The van der Waals surface area contributed by atoms with Crippen LogP contribution in [-0.4, -0.2) is 18.2 Å². The van der Waals surface area contributed by atoms with Crippen molar-refractivity contribution in [2.75, 3.05) is 6.61 Å². The first-order valence-electron chi connectivity index (χ1n) is 3.50. The maximum atomic E-state index is 11.0. The van der Waals surface area contributed by atoms with Crippen LogP contribution in [0.25, 0.3) is 0 Å². The molecule has 0 aliphatic carbocycles. The van der Waals surface area contributed by atoms with Gasteiger partial charge in [-0.2, -0.15) is 0 Å². The molecule has 3 heteroatoms. The van der Waals surface area contributed by atoms with Crippen LogP contribution in [0.2, 0.25) is 0 Å². The van der Waals surface area contributed by atoms with Crippen LogP contribution >= 0.6 is 0 Å². The van der Waals surface area contributed by atoms with Crippen LogP contribution in [0.3, 0.4) is 0 Å². The van der Waals surface area contributed by atoms with Gasteiger partial charge in [0, 0.05) is 6.61 Å². The van der Waals surface area contributed by atoms with Crippen molar-refractivity contribution >= 4 is 5.97 Å². The third-order valence-corrected chi connectivity index (χ3v) is 1.19. The Balaban J connectivity index is 4.04. The molecule has 0 fully saturated rings. The van der Waals surface area contributed by atoms with Crippen molar-refractivity contribution in [3.8, 4) is 0 Å². The lowest BCUT2D eigenvalue weighted by Crippen LogP contribution is -2.35. The van der Waals surface area contributed by atoms with E-state index >= 15 is 0 Å². The molecule has 0 amide bonds. The lowest BCUT2D eigenvalue weighted by Gasteiger charge is -2.20. The van der Waals surface area contributed by atoms with Crippen molar-refractivity contribution in [3.05, 3.63) is 12.8 Å². The molecule has 0 aromatic rings. The zero-order valence-corrected chi connectivity index (χ0v) is 7.22. The van der Waals surface area contributed by atoms with Crippen molar-refractivity contribution in [2.24, 2.45) is 0 Å². The van der Waals surface area contributed by atoms with Gasteiger partial charge in [-0.15, -0.1) is 0 Å². The predicted molar refractivity (Wildman–Crippen MR) is 42.0 cm³/mol. The van der Waals surface area contributed by atoms with Crippen molar-refractivity contribution in [3.63, 3.8) is 0 Å². The lowest BCUT2D eigenvalue weighted by atomic mass is 10.1. The maximum absolute atomic E-state index is 11.0. The summed E-state index contributed by atoms with van der Waals surface area (Å²) in [6, 6.07) is 0. The highest BCUT2D eigenvalue weighted by molar-refractivity contribution is 5.78. The van der Waals surface area contributed by atoms with Crippen LogP contribution in [0, 0.1) is 0 Å². The molecule has 0 aliphatic rings. The summed E-state index contributed by atoms with van der Waals surface area (Å²) in [6.45, 7) is 8.89. The summed E-state index contributed by atoms with van der Waals surface area (Å²) in [7, 11) is 0. The van der Waals surface area contributed by atoms with E-state index in [0.717, 1.165) is 6.26 Å². The van der Waals surface area contributed by atoms with E-state index in [9.17, 15) is 4.79 Å². The molecule has 0 aromatic carbocycles. The van der Waals surface area contributed by atoms with E-state index in [1.165, 1.54) is 0 Å². The average molecular weight is 158 g/mol. The smallest absolute Gasteiger partial charge is 0.342 e. The van der Waals surface area contributed by atoms with Crippen LogP contribution in [0.5, 0.6) is 0 Å². The standard InChI is InChI=1S/C8H14O3/c1-5-10-7(9)8(3,4)11-6-2/h5H,1,6H2,2-4H3. The minimum absolute atomic E-state index is 0.422. The fourth-order valence-corrected chi connectivity index (χ4v) is 0.637. The molecular formula is C8H14O3. The Morgan fingerprint density at radius 3 is 2.55 bits per heavy atom. The molecule has 0 spiro atoms. The van der Waals surface area contributed by atoms with E-state index in [1.54, 1.807) is 13.8 Å². The van der Waals surface area contributed by atoms with Gasteiger partial charge in [0.2, 0.25) is 0 Å². The maximum Gasteiger partial charge on any atom is 0.342 e. The summed E-state index contributed by atoms with van der Waals surface area (Å²) in [5.74, 6) is -0.422. The molecule has 0 bridgehead atoms. The number of carbonyl (C=O) groups is 1. The summed E-state index contributed by atoms with van der Waals surface area (Å²) < 4.78 is 9.68. The zero-order chi connectivity index (χ0) is 8.91. The monoisotopic (exact) mass is 158 g/mol. The molecule has 0 saturated carbocycles. The molecular weight excluding hydrogens is 144 g/mol. The van der Waals surface area contributed by atoms with E-state index in [-0.39, 0.29) is 0 Å². The molecule has 0 saturated heterocycles. The van der Waals surface area contributed by atoms with Gasteiger partial charge in [0.25, 0.3) is 0 Å². The number of carbonyl (C=O) groups excluding carboxylic acids is 1. The molecule has 0 atom stereocenters. The number of hydrogen-bond donors (Lipinski definition) is 0. The molecule has 0 radical (unpaired) electrons. The van der Waals surface area contributed by atoms with Crippen LogP contribution in [0.1, 0.15) is 20.8 Å². The number of rotatable bonds is 4. The lowest BCUT2D eigenvalue weighted by molar-refractivity contribution is -0.161. The Kier molecular flexibility index (Phi) is 3.82. The Morgan fingerprint density at radius 2 is 2.18 bits per heavy atom. The van der Waals surface area contributed by atoms with Crippen LogP contribution in [0.15, 0.2) is 12.8 Å². The fourth-order valence-electron chi connectivity index (χ4n) is 0.637. The SMILES string of the molecule is C=COC(=O)C(C)(C)OCC. The molecule has 64 valence electrons. The molecule has 3 nitrogen and oxygen atoms in total. The first kappa shape index (κ1) is 10.2. The van der Waals surface area contributed by atoms with Crippen LogP contribution < -0.4 is 0 Å². The summed E-state index contributed by atoms with van der Waals surface area (Å²) in [6.07, 6.45) is 1.10. The van der Waals surface area contributed by atoms with Gasteiger partial charge < -0.3 is 9.47 Å². The van der Waals surface area contributed by atoms with Crippen LogP contribution in [0.4, 0.5) is 0 Å². The van der Waals surface area contributed by atoms with Crippen molar-refractivity contribution in [2.45, 2.75) is 26.4 Å². The third-order valence-electron chi connectivity index (χ3n) is 1.19. The van der Waals surface area contributed by atoms with Gasteiger partial charge >= 0.3 is 5.97 Å². The third kappa shape index (κ3) is 3.18. The van der Waals surface area contributed by atoms with Crippen molar-refractivity contribution < 1.29 is 14.3 Å². The first-order valence-corrected chi connectivity index (χ1v) is 3.50. The molecule has 0 heterocycles. The first-order chi connectivity index (χ1) is 5.04. The Labute approximate surface area is 67.0 Å². The van der Waals surface area contributed by atoms with Crippen molar-refractivity contribution in [1.82, 2.24) is 0 Å². The number of esters is 1. The average Bonchev–Trinajstić information content (AvgIpc) is 1.88. The molecule has 0 rings (SSSR count). The molecule has 11 heavy (non-hydrogen) atoms. The second-order valence-electron chi connectivity index (χ2n) is 2.52. The van der Waals surface area contributed by atoms with E-state index in [0.29, 0.717) is 6.61 Å². The molecule has 0 aliphatic heterocycles. The van der Waals surface area contributed by atoms with E-state index in [2.05, 4.69) is 11.3 Å². The van der Waals surface area contributed by atoms with Gasteiger partial charge in [0.1, 0.15) is 0 Å². The molecule has 0 N–H and O–H groups in total. The minimum Gasteiger partial charge on any atom is -0.433 e. The summed E-state index contributed by atoms with van der Waals surface area (Å²) in [4.78, 5) is 11.0. The Hall–Kier alpha value is -0.830. The van der Waals surface area contributed by atoms with Gasteiger partial charge in [-0.25, -0.2) is 4.79 Å². The van der Waals surface area contributed by atoms with Gasteiger partial charge in [-0.1, -0.05) is 6.58 Å². The highest BCUT2D eigenvalue weighted by Gasteiger charge is 2.29. The minimum atomic E-state index is -0.872. The van der Waals surface area contributed by atoms with Gasteiger partial charge in [-0.05, 0) is 20.8 Å². The van der Waals surface area contributed by atoms with Gasteiger partial charge in [-0.3, -0.25) is 0 Å². The highest BCUT2D eigenvalue weighted by atomic mass is 16.6.